The van der Waals surface area contributed by atoms with Gasteiger partial charge >= 0.3 is 0 Å². The van der Waals surface area contributed by atoms with Crippen LogP contribution in [0.15, 0.2) is 30.5 Å². The first-order valence-corrected chi connectivity index (χ1v) is 12.6. The van der Waals surface area contributed by atoms with Crippen LogP contribution in [-0.4, -0.2) is 45.7 Å². The summed E-state index contributed by atoms with van der Waals surface area (Å²) in [6.45, 7) is 19.3. The van der Waals surface area contributed by atoms with Crippen molar-refractivity contribution in [3.63, 3.8) is 0 Å². The van der Waals surface area contributed by atoms with E-state index in [-0.39, 0.29) is 0 Å². The summed E-state index contributed by atoms with van der Waals surface area (Å²) in [7, 11) is 0.692. The summed E-state index contributed by atoms with van der Waals surface area (Å²) in [4.78, 5) is 0. The topological polar surface area (TPSA) is 17.0 Å². The summed E-state index contributed by atoms with van der Waals surface area (Å²) in [6.07, 6.45) is 2.43. The largest absolute Gasteiger partial charge is 0.373 e. The molecule has 0 spiro atoms. The van der Waals surface area contributed by atoms with Crippen LogP contribution in [0.1, 0.15) is 41.5 Å². The number of likely N-dealkylation sites (N-methyl/N-ethyl adjacent to an activating group) is 1. The Morgan fingerprint density at radius 3 is 2.04 bits per heavy atom. The minimum Gasteiger partial charge on any atom is -0.373 e. The quantitative estimate of drug-likeness (QED) is 0.563. The second-order valence-electron chi connectivity index (χ2n) is 9.34. The Labute approximate surface area is 161 Å². The van der Waals surface area contributed by atoms with Crippen LogP contribution in [0.3, 0.4) is 0 Å². The van der Waals surface area contributed by atoms with E-state index in [2.05, 4.69) is 88.6 Å². The Bertz CT molecular complexity index is 732. The van der Waals surface area contributed by atoms with Gasteiger partial charge in [-0.25, -0.2) is 0 Å². The van der Waals surface area contributed by atoms with Crippen molar-refractivity contribution in [3.8, 4) is 0 Å². The molecule has 26 heavy (non-hydrogen) atoms. The minimum absolute atomic E-state index is 0.714. The molecule has 4 heteroatoms. The number of hydrogen-bond acceptors (Lipinski definition) is 1. The molecule has 0 radical (unpaired) electrons. The fraction of sp³-hybridized carbons (Fsp3) is 0.636. The van der Waals surface area contributed by atoms with Gasteiger partial charge in [0.15, 0.2) is 8.24 Å². The second-order valence-corrected chi connectivity index (χ2v) is 15.1. The molecule has 144 valence electrons. The predicted molar refractivity (Wildman–Crippen MR) is 119 cm³/mol. The SMILES string of the molecule is CC(C)[Si](C(C)C)(C(C)C)n1ccc2c([N+]3(C)CCNCC3)cccc21. The zero-order valence-electron chi connectivity index (χ0n) is 17.8. The summed E-state index contributed by atoms with van der Waals surface area (Å²) in [5, 5.41) is 4.99. The average molecular weight is 373 g/mol. The molecule has 2 heterocycles. The first-order chi connectivity index (χ1) is 12.2. The molecule has 0 bridgehead atoms. The first-order valence-electron chi connectivity index (χ1n) is 10.4. The lowest BCUT2D eigenvalue weighted by Crippen LogP contribution is -2.57. The Morgan fingerprint density at radius 2 is 1.50 bits per heavy atom. The van der Waals surface area contributed by atoms with E-state index in [4.69, 9.17) is 0 Å². The summed E-state index contributed by atoms with van der Waals surface area (Å²) in [5.74, 6) is 0. The molecular formula is C22H38N3Si+. The number of benzene rings is 1. The standard InChI is InChI=1S/C22H38N3Si/c1-17(2)26(18(3)4,19(5)6)24-14-11-20-21(24)9-8-10-22(20)25(7)15-12-23-13-16-25/h8-11,14,17-19,23H,12-13,15-16H2,1-7H3/q+1. The molecule has 1 fully saturated rings. The molecule has 2 aromatic rings. The molecule has 0 atom stereocenters. The number of rotatable bonds is 5. The molecule has 1 aliphatic heterocycles. The summed E-state index contributed by atoms with van der Waals surface area (Å²) >= 11 is 0. The fourth-order valence-electron chi connectivity index (χ4n) is 5.92. The van der Waals surface area contributed by atoms with Crippen LogP contribution in [0.25, 0.3) is 10.9 Å². The van der Waals surface area contributed by atoms with Crippen LogP contribution in [0, 0.1) is 0 Å². The highest BCUT2D eigenvalue weighted by molar-refractivity contribution is 6.82. The van der Waals surface area contributed by atoms with Crippen LogP contribution in [-0.2, 0) is 0 Å². The Kier molecular flexibility index (Phi) is 5.39. The number of quaternary nitrogens is 1. The van der Waals surface area contributed by atoms with E-state index in [1.165, 1.54) is 29.7 Å². The molecule has 3 nitrogen and oxygen atoms in total. The van der Waals surface area contributed by atoms with Crippen molar-refractivity contribution in [2.24, 2.45) is 0 Å². The Morgan fingerprint density at radius 1 is 0.923 bits per heavy atom. The van der Waals surface area contributed by atoms with Gasteiger partial charge in [-0.2, -0.15) is 0 Å². The van der Waals surface area contributed by atoms with E-state index < -0.39 is 8.24 Å². The predicted octanol–water partition coefficient (Wildman–Crippen LogP) is 5.21. The van der Waals surface area contributed by atoms with Gasteiger partial charge in [0, 0.05) is 18.6 Å². The molecule has 0 amide bonds. The number of hydrogen-bond donors (Lipinski definition) is 1. The maximum absolute atomic E-state index is 3.52. The van der Waals surface area contributed by atoms with Crippen molar-refractivity contribution >= 4 is 24.8 Å². The molecule has 3 rings (SSSR count). The zero-order chi connectivity index (χ0) is 19.1. The number of piperazine rings is 1. The molecule has 1 aliphatic rings. The molecule has 1 saturated heterocycles. The van der Waals surface area contributed by atoms with Gasteiger partial charge in [0.2, 0.25) is 0 Å². The van der Waals surface area contributed by atoms with Crippen molar-refractivity contribution in [2.75, 3.05) is 33.2 Å². The number of nitrogens with zero attached hydrogens (tertiary/aromatic N) is 2. The smallest absolute Gasteiger partial charge is 0.169 e. The van der Waals surface area contributed by atoms with Gasteiger partial charge in [-0.05, 0) is 41.0 Å². The number of fused-ring (bicyclic) bond motifs is 1. The second kappa shape index (κ2) is 7.14. The molecule has 0 unspecified atom stereocenters. The van der Waals surface area contributed by atoms with E-state index in [0.29, 0.717) is 16.6 Å². The zero-order valence-corrected chi connectivity index (χ0v) is 18.8. The normalized spacial score (nSPS) is 18.4. The maximum Gasteiger partial charge on any atom is 0.169 e. The van der Waals surface area contributed by atoms with E-state index in [9.17, 15) is 0 Å². The molecular weight excluding hydrogens is 334 g/mol. The minimum atomic E-state index is -1.72. The highest BCUT2D eigenvalue weighted by Crippen LogP contribution is 2.45. The van der Waals surface area contributed by atoms with Gasteiger partial charge in [-0.1, -0.05) is 47.6 Å². The van der Waals surface area contributed by atoms with Gasteiger partial charge in [0.25, 0.3) is 0 Å². The molecule has 1 aromatic heterocycles. The molecule has 0 aliphatic carbocycles. The Balaban J connectivity index is 2.22. The van der Waals surface area contributed by atoms with Gasteiger partial charge < -0.3 is 9.55 Å². The van der Waals surface area contributed by atoms with Crippen LogP contribution in [0.5, 0.6) is 0 Å². The van der Waals surface area contributed by atoms with Crippen LogP contribution >= 0.6 is 0 Å². The Hall–Kier alpha value is -1.10. The number of nitrogens with one attached hydrogen (secondary N) is 1. The van der Waals surface area contributed by atoms with Crippen molar-refractivity contribution < 1.29 is 0 Å². The van der Waals surface area contributed by atoms with E-state index in [1.54, 1.807) is 0 Å². The highest BCUT2D eigenvalue weighted by atomic mass is 28.3. The lowest BCUT2D eigenvalue weighted by atomic mass is 10.1. The van der Waals surface area contributed by atoms with Gasteiger partial charge in [-0.15, -0.1) is 0 Å². The lowest BCUT2D eigenvalue weighted by molar-refractivity contribution is 0.290. The van der Waals surface area contributed by atoms with E-state index in [0.717, 1.165) is 17.6 Å². The summed E-state index contributed by atoms with van der Waals surface area (Å²) in [5.41, 5.74) is 5.10. The van der Waals surface area contributed by atoms with Crippen LogP contribution in [0.4, 0.5) is 5.69 Å². The third-order valence-corrected chi connectivity index (χ3v) is 13.8. The average Bonchev–Trinajstić information content (AvgIpc) is 2.99. The first kappa shape index (κ1) is 19.7. The van der Waals surface area contributed by atoms with Crippen molar-refractivity contribution in [1.82, 2.24) is 14.0 Å². The van der Waals surface area contributed by atoms with Crippen molar-refractivity contribution in [3.05, 3.63) is 30.5 Å². The summed E-state index contributed by atoms with van der Waals surface area (Å²) in [6, 6.07) is 9.42. The van der Waals surface area contributed by atoms with Crippen molar-refractivity contribution in [1.29, 1.82) is 0 Å². The fourth-order valence-corrected chi connectivity index (χ4v) is 12.5. The van der Waals surface area contributed by atoms with E-state index >= 15 is 0 Å². The van der Waals surface area contributed by atoms with Crippen LogP contribution in [0.2, 0.25) is 16.6 Å². The summed E-state index contributed by atoms with van der Waals surface area (Å²) < 4.78 is 3.80. The monoisotopic (exact) mass is 372 g/mol. The van der Waals surface area contributed by atoms with Gasteiger partial charge in [0.05, 0.1) is 25.5 Å². The van der Waals surface area contributed by atoms with E-state index in [1.807, 2.05) is 0 Å². The maximum atomic E-state index is 3.52. The molecule has 0 saturated carbocycles. The highest BCUT2D eigenvalue weighted by Gasteiger charge is 2.46. The lowest BCUT2D eigenvalue weighted by Gasteiger charge is -2.44. The molecule has 1 aromatic carbocycles. The third-order valence-electron chi connectivity index (χ3n) is 7.05. The van der Waals surface area contributed by atoms with Crippen LogP contribution < -0.4 is 9.80 Å². The third kappa shape index (κ3) is 2.87. The van der Waals surface area contributed by atoms with Gasteiger partial charge in [0.1, 0.15) is 5.69 Å². The van der Waals surface area contributed by atoms with Gasteiger partial charge in [-0.3, -0.25) is 4.48 Å². The molecule has 1 N–H and O–H groups in total. The van der Waals surface area contributed by atoms with Crippen molar-refractivity contribution in [2.45, 2.75) is 58.2 Å². The number of aromatic nitrogens is 1.